The van der Waals surface area contributed by atoms with Gasteiger partial charge >= 0.3 is 0 Å². The van der Waals surface area contributed by atoms with Crippen molar-refractivity contribution in [2.45, 2.75) is 0 Å². The third-order valence-corrected chi connectivity index (χ3v) is 31.3. The molecule has 3 aliphatic rings. The average molecular weight is 1910 g/mol. The van der Waals surface area contributed by atoms with Crippen molar-refractivity contribution in [2.75, 3.05) is 0 Å². The van der Waals surface area contributed by atoms with E-state index in [1.807, 2.05) is 67.0 Å². The van der Waals surface area contributed by atoms with Crippen LogP contribution in [0.2, 0.25) is 0 Å². The minimum Gasteiger partial charge on any atom is -0.309 e. The number of benzene rings is 22. The van der Waals surface area contributed by atoms with Crippen molar-refractivity contribution in [3.63, 3.8) is 0 Å². The molecule has 0 atom stereocenters. The molecule has 13 nitrogen and oxygen atoms in total. The van der Waals surface area contributed by atoms with Crippen molar-refractivity contribution >= 4 is 163 Å². The molecular weight excluding hydrogens is 1830 g/mol. The van der Waals surface area contributed by atoms with Crippen LogP contribution in [0.3, 0.4) is 0 Å². The van der Waals surface area contributed by atoms with E-state index in [1.54, 1.807) is 0 Å². The average Bonchev–Trinajstić information content (AvgIpc) is 1.54. The summed E-state index contributed by atoms with van der Waals surface area (Å²) in [6.45, 7) is 0. The quantitative estimate of drug-likeness (QED) is 0.134. The third-order valence-electron chi connectivity index (χ3n) is 31.3. The standard InChI is InChI=1S/C50H30N4.C49H29N5.C38H22N4/c1-4-14-31(15-5-1)41-30-42(32-16-6-2-7-17-32)52-50(51-41)54-44-25-13-23-37-39-29-46-40(35-21-10-11-24-43(35)53(46)34-19-8-3-9-20-34)28-38(39)36-22-12-18-33-26-27-45(54)49(47(33)36)48(37)44;1-4-14-31(15-5-1)47-50-48(32-16-6-2-7-17-32)52-49(51-47)54-41-25-13-23-36-38-29-43-39(34-21-10-11-24-40(34)53(43)33-19-8-3-9-20-33)28-37(38)35-22-12-18-30-26-27-42(54)46(44(30)35)45(36)41;1-2-10-24(11-3-1)41-31-15-5-4-12-25(31)30-21-28-26-13-6-9-23-17-18-33-37(35(23)26)36-27(29(28)22-34(30)41)14-7-16-32(36)42(33)38-39-19-8-20-40-38/h1-30H;1-29H;1-22H. The highest BCUT2D eigenvalue weighted by Crippen LogP contribution is 2.57. The van der Waals surface area contributed by atoms with Crippen molar-refractivity contribution < 1.29 is 0 Å². The van der Waals surface area contributed by atoms with E-state index in [2.05, 4.69) is 462 Å². The highest BCUT2D eigenvalue weighted by atomic mass is 15.2. The molecule has 0 unspecified atom stereocenters. The Morgan fingerprint density at radius 3 is 0.747 bits per heavy atom. The van der Waals surface area contributed by atoms with E-state index < -0.39 is 0 Å². The van der Waals surface area contributed by atoms with Gasteiger partial charge in [-0.25, -0.2) is 24.9 Å². The van der Waals surface area contributed by atoms with Gasteiger partial charge in [0.2, 0.25) is 17.8 Å². The number of para-hydroxylation sites is 6. The summed E-state index contributed by atoms with van der Waals surface area (Å²) in [6, 6.07) is 172. The Morgan fingerprint density at radius 1 is 0.140 bits per heavy atom. The van der Waals surface area contributed by atoms with Crippen molar-refractivity contribution in [3.05, 3.63) is 492 Å². The summed E-state index contributed by atoms with van der Waals surface area (Å²) in [4.78, 5) is 35.4. The Hall–Kier alpha value is -20.4. The minimum absolute atomic E-state index is 0.595. The first-order valence-corrected chi connectivity index (χ1v) is 51.0. The Bertz CT molecular complexity index is 10600. The Morgan fingerprint density at radius 2 is 0.407 bits per heavy atom. The molecule has 9 heterocycles. The number of rotatable bonds is 10. The van der Waals surface area contributed by atoms with Crippen LogP contribution in [0, 0.1) is 0 Å². The molecule has 0 amide bonds. The summed E-state index contributed by atoms with van der Waals surface area (Å²) >= 11 is 0. The fourth-order valence-corrected chi connectivity index (χ4v) is 25.1. The molecule has 13 heteroatoms. The van der Waals surface area contributed by atoms with Crippen molar-refractivity contribution in [1.29, 1.82) is 0 Å². The van der Waals surface area contributed by atoms with E-state index in [9.17, 15) is 0 Å². The zero-order valence-corrected chi connectivity index (χ0v) is 80.6. The number of fused-ring (bicyclic) bond motifs is 18. The van der Waals surface area contributed by atoms with Crippen LogP contribution in [0.1, 0.15) is 0 Å². The van der Waals surface area contributed by atoms with E-state index in [0.717, 1.165) is 83.8 Å². The van der Waals surface area contributed by atoms with Crippen LogP contribution in [-0.4, -0.2) is 62.3 Å². The van der Waals surface area contributed by atoms with Crippen LogP contribution in [0.15, 0.2) is 492 Å². The minimum atomic E-state index is 0.595. The predicted molar refractivity (Wildman–Crippen MR) is 617 cm³/mol. The number of hydrogen-bond donors (Lipinski definition) is 0. The summed E-state index contributed by atoms with van der Waals surface area (Å²) in [5, 5.41) is 22.4. The van der Waals surface area contributed by atoms with Gasteiger partial charge in [-0.1, -0.05) is 340 Å². The zero-order chi connectivity index (χ0) is 98.0. The summed E-state index contributed by atoms with van der Waals surface area (Å²) in [5.74, 6) is 3.22. The van der Waals surface area contributed by atoms with Crippen LogP contribution < -0.4 is 0 Å². The van der Waals surface area contributed by atoms with E-state index in [0.29, 0.717) is 29.5 Å². The van der Waals surface area contributed by atoms with Crippen LogP contribution in [0.25, 0.3) is 310 Å². The second kappa shape index (κ2) is 32.6. The van der Waals surface area contributed by atoms with Crippen LogP contribution in [0.5, 0.6) is 0 Å². The topological polar surface area (TPSA) is 120 Å². The predicted octanol–water partition coefficient (Wildman–Crippen LogP) is 34.5. The maximum absolute atomic E-state index is 5.33. The fourth-order valence-electron chi connectivity index (χ4n) is 25.1. The molecule has 3 aliphatic carbocycles. The summed E-state index contributed by atoms with van der Waals surface area (Å²) in [5.41, 5.74) is 37.8. The molecule has 22 aromatic carbocycles. The molecule has 9 aromatic heterocycles. The van der Waals surface area contributed by atoms with E-state index >= 15 is 0 Å². The summed E-state index contributed by atoms with van der Waals surface area (Å²) in [6.07, 6.45) is 3.63. The lowest BCUT2D eigenvalue weighted by molar-refractivity contribution is 0.953. The normalized spacial score (nSPS) is 12.1. The molecule has 150 heavy (non-hydrogen) atoms. The van der Waals surface area contributed by atoms with Gasteiger partial charge in [-0.3, -0.25) is 13.7 Å². The van der Waals surface area contributed by atoms with Gasteiger partial charge < -0.3 is 13.7 Å². The molecule has 0 bridgehead atoms. The molecule has 0 spiro atoms. The smallest absolute Gasteiger partial charge is 0.238 e. The third kappa shape index (κ3) is 12.3. The lowest BCUT2D eigenvalue weighted by Crippen LogP contribution is -2.06. The molecule has 0 radical (unpaired) electrons. The molecule has 0 fully saturated rings. The molecular formula is C137H81N13. The van der Waals surface area contributed by atoms with Gasteiger partial charge in [0.1, 0.15) is 0 Å². The fraction of sp³-hybridized carbons (Fsp3) is 0. The lowest BCUT2D eigenvalue weighted by Gasteiger charge is -2.15. The first-order chi connectivity index (χ1) is 74.5. The van der Waals surface area contributed by atoms with E-state index in [4.69, 9.17) is 24.9 Å². The maximum Gasteiger partial charge on any atom is 0.238 e. The van der Waals surface area contributed by atoms with E-state index in [1.165, 1.54) is 197 Å². The second-order valence-electron chi connectivity index (χ2n) is 39.2. The highest BCUT2D eigenvalue weighted by molar-refractivity contribution is 6.35. The highest BCUT2D eigenvalue weighted by Gasteiger charge is 2.34. The Balaban J connectivity index is 0.000000100. The Labute approximate surface area is 858 Å². The molecule has 0 saturated heterocycles. The Kier molecular flexibility index (Phi) is 18.0. The number of aromatic nitrogens is 13. The van der Waals surface area contributed by atoms with E-state index in [-0.39, 0.29) is 0 Å². The van der Waals surface area contributed by atoms with Crippen LogP contribution >= 0.6 is 0 Å². The van der Waals surface area contributed by atoms with Crippen molar-refractivity contribution in [3.8, 4) is 147 Å². The number of nitrogens with zero attached hydrogens (tertiary/aromatic N) is 13. The maximum atomic E-state index is 5.33. The van der Waals surface area contributed by atoms with Gasteiger partial charge in [-0.05, 0) is 239 Å². The van der Waals surface area contributed by atoms with Gasteiger partial charge in [0.15, 0.2) is 11.6 Å². The largest absolute Gasteiger partial charge is 0.309 e. The van der Waals surface area contributed by atoms with Crippen LogP contribution in [0.4, 0.5) is 0 Å². The molecule has 0 aliphatic heterocycles. The van der Waals surface area contributed by atoms with Crippen molar-refractivity contribution in [2.24, 2.45) is 0 Å². The van der Waals surface area contributed by atoms with Crippen LogP contribution in [-0.2, 0) is 0 Å². The zero-order valence-electron chi connectivity index (χ0n) is 80.6. The second-order valence-corrected chi connectivity index (χ2v) is 39.2. The van der Waals surface area contributed by atoms with Gasteiger partial charge in [-0.15, -0.1) is 0 Å². The van der Waals surface area contributed by atoms with Gasteiger partial charge in [0, 0.05) is 116 Å². The van der Waals surface area contributed by atoms with Gasteiger partial charge in [0.05, 0.1) is 77.6 Å². The molecule has 31 aromatic rings. The monoisotopic (exact) mass is 1910 g/mol. The SMILES string of the molecule is c1ccc(-c2cc(-c3ccccc3)nc(-n3c4cccc5c4c4c6c(cccc6ccc43)-c3cc4c6ccccc6n(-c6ccccc6)c4cc3-5)n2)cc1.c1ccc(-c2nc(-c3ccccc3)nc(-n3c4cccc5c4c4c6c(cccc6ccc43)-c3cc4c6ccccc6n(-c6ccccc6)c4cc3-5)n2)cc1.c1ccc(-n2c3ccccc3c3cc4c(cc32)-c2cccc3c2c2c5c-4cccc5ccc2n3-c2ncccn2)cc1. The first-order valence-electron chi connectivity index (χ1n) is 51.0. The first kappa shape index (κ1) is 83.1. The molecule has 34 rings (SSSR count). The van der Waals surface area contributed by atoms with Gasteiger partial charge in [-0.2, -0.15) is 9.97 Å². The molecule has 694 valence electrons. The van der Waals surface area contributed by atoms with Crippen molar-refractivity contribution in [1.82, 2.24) is 62.3 Å². The van der Waals surface area contributed by atoms with Gasteiger partial charge in [0.25, 0.3) is 0 Å². The summed E-state index contributed by atoms with van der Waals surface area (Å²) in [7, 11) is 0. The number of hydrogen-bond acceptors (Lipinski definition) is 7. The molecule has 0 saturated carbocycles. The molecule has 0 N–H and O–H groups in total. The lowest BCUT2D eigenvalue weighted by atomic mass is 9.91. The summed E-state index contributed by atoms with van der Waals surface area (Å²) < 4.78 is 14.0.